The minimum absolute atomic E-state index is 0.00712. The zero-order chi connectivity index (χ0) is 19.5. The number of benzene rings is 1. The summed E-state index contributed by atoms with van der Waals surface area (Å²) in [6.07, 6.45) is 1.51. The van der Waals surface area contributed by atoms with Crippen molar-refractivity contribution in [1.82, 2.24) is 24.8 Å². The van der Waals surface area contributed by atoms with Gasteiger partial charge in [0.2, 0.25) is 11.2 Å². The highest BCUT2D eigenvalue weighted by Gasteiger charge is 2.22. The number of carbonyl (C=O) groups excluding carboxylic acids is 1. The summed E-state index contributed by atoms with van der Waals surface area (Å²) in [6, 6.07) is 7.95. The van der Waals surface area contributed by atoms with Crippen LogP contribution in [0.1, 0.15) is 0 Å². The molecule has 0 atom stereocenters. The van der Waals surface area contributed by atoms with Crippen LogP contribution < -0.4 is 15.0 Å². The minimum atomic E-state index is 0.00712. The van der Waals surface area contributed by atoms with Gasteiger partial charge in [0.05, 0.1) is 20.0 Å². The van der Waals surface area contributed by atoms with Gasteiger partial charge in [0, 0.05) is 37.9 Å². The number of hydrogen-bond acceptors (Lipinski definition) is 7. The molecule has 0 unspecified atom stereocenters. The Hall–Kier alpha value is -3.07. The van der Waals surface area contributed by atoms with Crippen LogP contribution in [0.4, 0.5) is 11.5 Å². The second kappa shape index (κ2) is 7.89. The summed E-state index contributed by atoms with van der Waals surface area (Å²) in [5.41, 5.74) is 2.18. The second-order valence-electron chi connectivity index (χ2n) is 6.37. The zero-order valence-electron chi connectivity index (χ0n) is 15.4. The van der Waals surface area contributed by atoms with Crippen molar-refractivity contribution in [2.24, 2.45) is 0 Å². The van der Waals surface area contributed by atoms with E-state index in [1.807, 2.05) is 23.1 Å². The van der Waals surface area contributed by atoms with Crippen LogP contribution in [0.3, 0.4) is 0 Å². The van der Waals surface area contributed by atoms with E-state index >= 15 is 0 Å². The number of ether oxygens (including phenoxy) is 1. The maximum atomic E-state index is 12.6. The minimum Gasteiger partial charge on any atom is -0.497 e. The molecule has 4 rings (SSSR count). The lowest BCUT2D eigenvalue weighted by molar-refractivity contribution is -0.129. The lowest BCUT2D eigenvalue weighted by atomic mass is 10.2. The van der Waals surface area contributed by atoms with E-state index in [1.165, 1.54) is 6.33 Å². The molecule has 146 valence electrons. The molecule has 1 saturated heterocycles. The topological polar surface area (TPSA) is 99.3 Å². The molecule has 28 heavy (non-hydrogen) atoms. The highest BCUT2D eigenvalue weighted by Crippen LogP contribution is 2.22. The zero-order valence-corrected chi connectivity index (χ0v) is 16.1. The van der Waals surface area contributed by atoms with Crippen LogP contribution in [0.15, 0.2) is 30.6 Å². The quantitative estimate of drug-likeness (QED) is 0.628. The predicted molar refractivity (Wildman–Crippen MR) is 107 cm³/mol. The van der Waals surface area contributed by atoms with Crippen LogP contribution in [0.5, 0.6) is 5.75 Å². The van der Waals surface area contributed by atoms with Gasteiger partial charge >= 0.3 is 0 Å². The van der Waals surface area contributed by atoms with Gasteiger partial charge in [-0.3, -0.25) is 4.79 Å². The number of carbonyl (C=O) groups is 1. The first-order chi connectivity index (χ1) is 13.6. The Labute approximate surface area is 166 Å². The molecule has 0 aliphatic carbocycles. The maximum absolute atomic E-state index is 12.6. The van der Waals surface area contributed by atoms with Gasteiger partial charge in [0.15, 0.2) is 11.5 Å². The molecule has 3 aromatic rings. The number of nitrogens with zero attached hydrogens (tertiary/aromatic N) is 5. The van der Waals surface area contributed by atoms with Gasteiger partial charge in [-0.05, 0) is 23.7 Å². The molecule has 1 amide bonds. The third-order valence-corrected chi connectivity index (χ3v) is 4.89. The first kappa shape index (κ1) is 18.3. The van der Waals surface area contributed by atoms with Crippen molar-refractivity contribution in [3.8, 4) is 5.75 Å². The molecule has 2 aromatic heterocycles. The van der Waals surface area contributed by atoms with Crippen molar-refractivity contribution in [2.45, 2.75) is 0 Å². The summed E-state index contributed by atoms with van der Waals surface area (Å²) in [5, 5.41) is 3.13. The molecule has 9 nitrogen and oxygen atoms in total. The van der Waals surface area contributed by atoms with E-state index in [4.69, 9.17) is 16.3 Å². The summed E-state index contributed by atoms with van der Waals surface area (Å²) < 4.78 is 5.29. The molecule has 1 aromatic carbocycles. The second-order valence-corrected chi connectivity index (χ2v) is 6.70. The van der Waals surface area contributed by atoms with E-state index in [2.05, 4.69) is 36.2 Å². The number of imidazole rings is 1. The fraction of sp³-hybridized carbons (Fsp3) is 0.333. The van der Waals surface area contributed by atoms with Crippen LogP contribution in [0, 0.1) is 0 Å². The average Bonchev–Trinajstić information content (AvgIpc) is 3.20. The van der Waals surface area contributed by atoms with Crippen molar-refractivity contribution in [3.63, 3.8) is 0 Å². The van der Waals surface area contributed by atoms with Crippen LogP contribution in [0.25, 0.3) is 11.2 Å². The van der Waals surface area contributed by atoms with Crippen LogP contribution >= 0.6 is 11.6 Å². The monoisotopic (exact) mass is 401 g/mol. The SMILES string of the molecule is COc1cccc(N2CCN(C(=O)CNc3nc(Cl)nc4nc[nH]c34)CC2)c1. The Balaban J connectivity index is 1.34. The number of amides is 1. The summed E-state index contributed by atoms with van der Waals surface area (Å²) in [6.45, 7) is 2.97. The number of aromatic amines is 1. The first-order valence-corrected chi connectivity index (χ1v) is 9.29. The highest BCUT2D eigenvalue weighted by atomic mass is 35.5. The van der Waals surface area contributed by atoms with E-state index in [9.17, 15) is 4.79 Å². The maximum Gasteiger partial charge on any atom is 0.242 e. The van der Waals surface area contributed by atoms with Crippen LogP contribution in [-0.2, 0) is 4.79 Å². The Morgan fingerprint density at radius 1 is 1.29 bits per heavy atom. The molecule has 3 heterocycles. The molecule has 10 heteroatoms. The van der Waals surface area contributed by atoms with E-state index < -0.39 is 0 Å². The van der Waals surface area contributed by atoms with Gasteiger partial charge in [-0.1, -0.05) is 6.07 Å². The average molecular weight is 402 g/mol. The Morgan fingerprint density at radius 2 is 2.11 bits per heavy atom. The van der Waals surface area contributed by atoms with E-state index in [0.717, 1.165) is 24.5 Å². The lowest BCUT2D eigenvalue weighted by Gasteiger charge is -2.36. The van der Waals surface area contributed by atoms with Gasteiger partial charge in [-0.15, -0.1) is 0 Å². The van der Waals surface area contributed by atoms with Crippen LogP contribution in [-0.4, -0.2) is 70.6 Å². The molecule has 0 bridgehead atoms. The molecular weight excluding hydrogens is 382 g/mol. The normalized spacial score (nSPS) is 14.4. The predicted octanol–water partition coefficient (Wildman–Crippen LogP) is 1.78. The molecular formula is C18H20ClN7O2. The molecule has 0 spiro atoms. The molecule has 0 saturated carbocycles. The number of fused-ring (bicyclic) bond motifs is 1. The van der Waals surface area contributed by atoms with Crippen molar-refractivity contribution in [2.75, 3.05) is 50.1 Å². The Bertz CT molecular complexity index is 985. The number of hydrogen-bond donors (Lipinski definition) is 2. The number of piperazine rings is 1. The Morgan fingerprint density at radius 3 is 2.89 bits per heavy atom. The smallest absolute Gasteiger partial charge is 0.242 e. The third kappa shape index (κ3) is 3.79. The number of rotatable bonds is 5. The van der Waals surface area contributed by atoms with Crippen molar-refractivity contribution < 1.29 is 9.53 Å². The third-order valence-electron chi connectivity index (χ3n) is 4.72. The Kier molecular flexibility index (Phi) is 5.16. The molecule has 1 aliphatic rings. The standard InChI is InChI=1S/C18H20ClN7O2/c1-28-13-4-2-3-12(9-13)25-5-7-26(8-6-25)14(27)10-20-16-15-17(22-11-21-15)24-18(19)23-16/h2-4,9,11H,5-8,10H2,1H3,(H2,20,21,22,23,24). The van der Waals surface area contributed by atoms with Crippen molar-refractivity contribution in [1.29, 1.82) is 0 Å². The van der Waals surface area contributed by atoms with Gasteiger partial charge in [-0.25, -0.2) is 4.98 Å². The fourth-order valence-electron chi connectivity index (χ4n) is 3.23. The van der Waals surface area contributed by atoms with Crippen molar-refractivity contribution in [3.05, 3.63) is 35.9 Å². The van der Waals surface area contributed by atoms with Gasteiger partial charge in [0.25, 0.3) is 0 Å². The molecule has 1 aliphatic heterocycles. The van der Waals surface area contributed by atoms with Gasteiger partial charge in [0.1, 0.15) is 11.3 Å². The van der Waals surface area contributed by atoms with E-state index in [0.29, 0.717) is 30.1 Å². The van der Waals surface area contributed by atoms with E-state index in [-0.39, 0.29) is 17.7 Å². The largest absolute Gasteiger partial charge is 0.497 e. The molecule has 0 radical (unpaired) electrons. The first-order valence-electron chi connectivity index (χ1n) is 8.91. The number of halogens is 1. The summed E-state index contributed by atoms with van der Waals surface area (Å²) in [5.74, 6) is 1.30. The molecule has 1 fully saturated rings. The van der Waals surface area contributed by atoms with Gasteiger partial charge in [-0.2, -0.15) is 9.97 Å². The van der Waals surface area contributed by atoms with Crippen LogP contribution in [0.2, 0.25) is 5.28 Å². The molecule has 2 N–H and O–H groups in total. The summed E-state index contributed by atoms with van der Waals surface area (Å²) >= 11 is 5.91. The van der Waals surface area contributed by atoms with E-state index in [1.54, 1.807) is 7.11 Å². The van der Waals surface area contributed by atoms with Crippen molar-refractivity contribution >= 4 is 40.2 Å². The summed E-state index contributed by atoms with van der Waals surface area (Å²) in [4.78, 5) is 31.9. The fourth-order valence-corrected chi connectivity index (χ4v) is 3.39. The number of H-pyrrole nitrogens is 1. The number of anilines is 2. The number of nitrogens with one attached hydrogen (secondary N) is 2. The number of methoxy groups -OCH3 is 1. The summed E-state index contributed by atoms with van der Waals surface area (Å²) in [7, 11) is 1.66. The highest BCUT2D eigenvalue weighted by molar-refractivity contribution is 6.28. The number of aromatic nitrogens is 4. The van der Waals surface area contributed by atoms with Gasteiger partial charge < -0.3 is 24.8 Å². The lowest BCUT2D eigenvalue weighted by Crippen LogP contribution is -2.50.